The molecule has 0 N–H and O–H groups in total. The molecule has 11 heteroatoms. The van der Waals surface area contributed by atoms with Gasteiger partial charge in [0.2, 0.25) is 0 Å². The van der Waals surface area contributed by atoms with Crippen LogP contribution in [0.5, 0.6) is 0 Å². The van der Waals surface area contributed by atoms with Gasteiger partial charge in [-0.05, 0) is 13.8 Å². The van der Waals surface area contributed by atoms with Crippen LogP contribution in [0.15, 0.2) is 0 Å². The summed E-state index contributed by atoms with van der Waals surface area (Å²) in [6.07, 6.45) is -5.37. The number of hydrogen-bond acceptors (Lipinski definition) is 6. The Hall–Kier alpha value is -0.150. The van der Waals surface area contributed by atoms with Crippen LogP contribution in [0.4, 0.5) is 13.2 Å². The molecule has 0 aromatic heterocycles. The zero-order chi connectivity index (χ0) is 13.7. The average Bonchev–Trinajstić information content (AvgIpc) is 1.96. The molecule has 0 saturated heterocycles. The molecule has 17 heavy (non-hydrogen) atoms. The van der Waals surface area contributed by atoms with E-state index < -0.39 is 29.6 Å². The average molecular weight is 300 g/mol. The first-order chi connectivity index (χ1) is 7.54. The maximum atomic E-state index is 11.7. The molecule has 0 bridgehead atoms. The van der Waals surface area contributed by atoms with Crippen molar-refractivity contribution in [2.24, 2.45) is 0 Å². The molecular weight excluding hydrogens is 288 g/mol. The molecule has 0 aromatic carbocycles. The number of alkyl halides is 3. The van der Waals surface area contributed by atoms with E-state index in [1.54, 1.807) is 0 Å². The summed E-state index contributed by atoms with van der Waals surface area (Å²) >= 11 is 0. The lowest BCUT2D eigenvalue weighted by Gasteiger charge is -2.16. The van der Waals surface area contributed by atoms with Crippen molar-refractivity contribution in [3.63, 3.8) is 0 Å². The van der Waals surface area contributed by atoms with E-state index in [1.807, 2.05) is 0 Å². The van der Waals surface area contributed by atoms with Crippen molar-refractivity contribution in [2.75, 3.05) is 18.7 Å². The number of halogens is 3. The van der Waals surface area contributed by atoms with E-state index in [9.17, 15) is 26.2 Å². The van der Waals surface area contributed by atoms with E-state index in [0.29, 0.717) is 0 Å². The summed E-state index contributed by atoms with van der Waals surface area (Å²) in [4.78, 5) is 0. The Morgan fingerprint density at radius 1 is 1.12 bits per heavy atom. The minimum Gasteiger partial charge on any atom is -0.308 e. The zero-order valence-electron chi connectivity index (χ0n) is 9.06. The van der Waals surface area contributed by atoms with E-state index in [0.717, 1.165) is 0 Å². The molecule has 104 valence electrons. The van der Waals surface area contributed by atoms with Crippen molar-refractivity contribution in [2.45, 2.75) is 20.2 Å². The largest absolute Gasteiger partial charge is 0.537 e. The normalized spacial score (nSPS) is 13.9. The van der Waals surface area contributed by atoms with Gasteiger partial charge in [-0.1, -0.05) is 0 Å². The second-order valence-corrected chi connectivity index (χ2v) is 6.72. The maximum Gasteiger partial charge on any atom is 0.537 e. The van der Waals surface area contributed by atoms with Crippen LogP contribution in [0.2, 0.25) is 0 Å². The highest BCUT2D eigenvalue weighted by Crippen LogP contribution is 2.49. The van der Waals surface area contributed by atoms with Crippen LogP contribution in [-0.2, 0) is 27.9 Å². The quantitative estimate of drug-likeness (QED) is 0.529. The van der Waals surface area contributed by atoms with Crippen molar-refractivity contribution in [3.05, 3.63) is 0 Å². The highest BCUT2D eigenvalue weighted by atomic mass is 32.2. The molecule has 0 heterocycles. The molecule has 0 fully saturated rings. The molecule has 0 spiro atoms. The van der Waals surface area contributed by atoms with Crippen molar-refractivity contribution < 1.29 is 39.4 Å². The fraction of sp³-hybridized carbons (Fsp3) is 1.00. The van der Waals surface area contributed by atoms with E-state index in [2.05, 4.69) is 13.2 Å². The van der Waals surface area contributed by atoms with E-state index >= 15 is 0 Å². The third-order valence-corrected chi connectivity index (χ3v) is 5.47. The van der Waals surface area contributed by atoms with Gasteiger partial charge in [0.15, 0.2) is 5.49 Å². The van der Waals surface area contributed by atoms with Gasteiger partial charge in [0.1, 0.15) is 0 Å². The highest BCUT2D eigenvalue weighted by Gasteiger charge is 2.41. The van der Waals surface area contributed by atoms with Crippen LogP contribution >= 0.6 is 7.60 Å². The first-order valence-corrected chi connectivity index (χ1v) is 7.72. The Kier molecular flexibility index (Phi) is 6.09. The molecule has 6 nitrogen and oxygen atoms in total. The van der Waals surface area contributed by atoms with Gasteiger partial charge < -0.3 is 9.05 Å². The van der Waals surface area contributed by atoms with Crippen molar-refractivity contribution in [3.8, 4) is 0 Å². The summed E-state index contributed by atoms with van der Waals surface area (Å²) in [5, 5.41) is 0. The third kappa shape index (κ3) is 7.72. The van der Waals surface area contributed by atoms with Gasteiger partial charge in [0, 0.05) is 0 Å². The molecule has 0 rings (SSSR count). The Morgan fingerprint density at radius 3 is 1.82 bits per heavy atom. The van der Waals surface area contributed by atoms with Gasteiger partial charge in [0.25, 0.3) is 10.1 Å². The summed E-state index contributed by atoms with van der Waals surface area (Å²) in [5.41, 5.74) is -1.48. The summed E-state index contributed by atoms with van der Waals surface area (Å²) in [7, 11) is -9.22. The second kappa shape index (κ2) is 6.14. The van der Waals surface area contributed by atoms with Crippen molar-refractivity contribution >= 4 is 17.7 Å². The van der Waals surface area contributed by atoms with Crippen LogP contribution in [0.25, 0.3) is 0 Å². The Labute approximate surface area is 96.7 Å². The van der Waals surface area contributed by atoms with Crippen LogP contribution in [-0.4, -0.2) is 33.5 Å². The first kappa shape index (κ1) is 16.9. The van der Waals surface area contributed by atoms with Crippen LogP contribution in [0.1, 0.15) is 13.8 Å². The van der Waals surface area contributed by atoms with E-state index in [4.69, 9.17) is 0 Å². The molecule has 0 saturated carbocycles. The Bertz CT molecular complexity index is 368. The minimum atomic E-state index is -5.37. The van der Waals surface area contributed by atoms with Gasteiger partial charge >= 0.3 is 14.0 Å². The smallest absolute Gasteiger partial charge is 0.308 e. The number of rotatable bonds is 7. The molecular formula is C6H12F3O6PS. The van der Waals surface area contributed by atoms with Gasteiger partial charge in [-0.25, -0.2) is 0 Å². The topological polar surface area (TPSA) is 78.9 Å². The van der Waals surface area contributed by atoms with E-state index in [-0.39, 0.29) is 13.2 Å². The molecule has 0 unspecified atom stereocenters. The summed E-state index contributed by atoms with van der Waals surface area (Å²) < 4.78 is 80.6. The molecule has 0 amide bonds. The molecule has 0 aliphatic carbocycles. The van der Waals surface area contributed by atoms with Crippen molar-refractivity contribution in [1.29, 1.82) is 0 Å². The van der Waals surface area contributed by atoms with Gasteiger partial charge in [0.05, 0.1) is 13.2 Å². The van der Waals surface area contributed by atoms with Crippen LogP contribution in [0.3, 0.4) is 0 Å². The second-order valence-electron chi connectivity index (χ2n) is 2.66. The number of hydrogen-bond donors (Lipinski definition) is 0. The predicted octanol–water partition coefficient (Wildman–Crippen LogP) is 2.08. The summed E-state index contributed by atoms with van der Waals surface area (Å²) in [6.45, 7) is 2.45. The minimum absolute atomic E-state index is 0.168. The lowest BCUT2D eigenvalue weighted by molar-refractivity contribution is -0.271. The third-order valence-electron chi connectivity index (χ3n) is 1.19. The molecule has 0 radical (unpaired) electrons. The first-order valence-electron chi connectivity index (χ1n) is 4.42. The summed E-state index contributed by atoms with van der Waals surface area (Å²) in [5.74, 6) is 0. The lowest BCUT2D eigenvalue weighted by atomic mass is 10.9. The van der Waals surface area contributed by atoms with Gasteiger partial charge in [-0.2, -0.15) is 12.6 Å². The molecule has 0 aliphatic heterocycles. The standard InChI is InChI=1S/C6H12F3O6PS/c1-3-13-16(10,14-4-2)5-17(11,12)15-6(7,8)9/h3-5H2,1-2H3. The fourth-order valence-corrected chi connectivity index (χ4v) is 4.37. The Morgan fingerprint density at radius 2 is 1.53 bits per heavy atom. The monoisotopic (exact) mass is 300 g/mol. The molecule has 0 atom stereocenters. The molecule has 0 aliphatic rings. The highest BCUT2D eigenvalue weighted by molar-refractivity contribution is 7.93. The predicted molar refractivity (Wildman–Crippen MR) is 51.8 cm³/mol. The Balaban J connectivity index is 4.82. The molecule has 0 aromatic rings. The summed E-state index contributed by atoms with van der Waals surface area (Å²) in [6, 6.07) is 0. The fourth-order valence-electron chi connectivity index (χ4n) is 0.869. The van der Waals surface area contributed by atoms with Gasteiger partial charge in [-0.15, -0.1) is 13.2 Å². The van der Waals surface area contributed by atoms with Crippen molar-refractivity contribution in [1.82, 2.24) is 0 Å². The maximum absolute atomic E-state index is 11.7. The SMILES string of the molecule is CCOP(=O)(CS(=O)(=O)OC(F)(F)F)OCC. The van der Waals surface area contributed by atoms with Crippen LogP contribution < -0.4 is 0 Å². The zero-order valence-corrected chi connectivity index (χ0v) is 10.8. The van der Waals surface area contributed by atoms with Crippen LogP contribution in [0, 0.1) is 0 Å². The van der Waals surface area contributed by atoms with E-state index in [1.165, 1.54) is 13.8 Å². The lowest BCUT2D eigenvalue weighted by Crippen LogP contribution is -2.22. The van der Waals surface area contributed by atoms with Gasteiger partial charge in [-0.3, -0.25) is 4.57 Å².